The van der Waals surface area contributed by atoms with Crippen molar-refractivity contribution in [2.75, 3.05) is 0 Å². The Labute approximate surface area is 64.8 Å². The minimum Gasteiger partial charge on any atom is -0.736 e. The first-order valence-electron chi connectivity index (χ1n) is 1.17. The fourth-order valence-electron chi connectivity index (χ4n) is 0. The summed E-state index contributed by atoms with van der Waals surface area (Å²) in [6.45, 7) is 0. The third-order valence-corrected chi connectivity index (χ3v) is 2.25. The van der Waals surface area contributed by atoms with E-state index in [0.29, 0.717) is 0 Å². The van der Waals surface area contributed by atoms with Gasteiger partial charge in [0.25, 0.3) is 0 Å². The van der Waals surface area contributed by atoms with Crippen LogP contribution in [0.1, 0.15) is 0 Å². The van der Waals surface area contributed by atoms with Crippen molar-refractivity contribution in [2.24, 2.45) is 0 Å². The number of rotatable bonds is 1. The summed E-state index contributed by atoms with van der Waals surface area (Å²) in [4.78, 5) is 0. The first-order valence-corrected chi connectivity index (χ1v) is 4.50. The maximum atomic E-state index is 9.20. The first-order chi connectivity index (χ1) is 3.25. The SMILES string of the molecule is O=S(=O)([O-])S(=O)(=O)[O-].[Pd+2]. The minimum absolute atomic E-state index is 0. The summed E-state index contributed by atoms with van der Waals surface area (Å²) >= 11 is 0. The summed E-state index contributed by atoms with van der Waals surface area (Å²) in [5.74, 6) is 0. The predicted molar refractivity (Wildman–Crippen MR) is 19.4 cm³/mol. The predicted octanol–water partition coefficient (Wildman–Crippen LogP) is -2.01. The molecule has 0 amide bonds. The molecule has 0 radical (unpaired) electrons. The summed E-state index contributed by atoms with van der Waals surface area (Å²) in [6, 6.07) is 0. The monoisotopic (exact) mass is 266 g/mol. The molecule has 0 aliphatic carbocycles. The summed E-state index contributed by atoms with van der Waals surface area (Å²) in [5, 5.41) is 0. The van der Waals surface area contributed by atoms with Gasteiger partial charge in [0.05, 0.1) is 0 Å². The van der Waals surface area contributed by atoms with Crippen LogP contribution in [-0.4, -0.2) is 25.9 Å². The molecular weight excluding hydrogens is 267 g/mol. The Kier molecular flexibility index (Phi) is 4.13. The van der Waals surface area contributed by atoms with Gasteiger partial charge in [0.15, 0.2) is 18.3 Å². The molecule has 9 heteroatoms. The summed E-state index contributed by atoms with van der Waals surface area (Å²) < 4.78 is 55.2. The van der Waals surface area contributed by atoms with Crippen LogP contribution in [0.5, 0.6) is 0 Å². The van der Waals surface area contributed by atoms with Crippen LogP contribution in [0.4, 0.5) is 0 Å². The van der Waals surface area contributed by atoms with E-state index in [2.05, 4.69) is 0 Å². The Balaban J connectivity index is 0. The average molecular weight is 267 g/mol. The Morgan fingerprint density at radius 3 is 0.889 bits per heavy atom. The second-order valence-electron chi connectivity index (χ2n) is 0.816. The van der Waals surface area contributed by atoms with E-state index in [1.807, 2.05) is 0 Å². The van der Waals surface area contributed by atoms with Gasteiger partial charge in [0.2, 0.25) is 0 Å². The molecule has 0 atom stereocenters. The zero-order valence-electron chi connectivity index (χ0n) is 3.58. The molecule has 9 heavy (non-hydrogen) atoms. The van der Waals surface area contributed by atoms with Gasteiger partial charge in [-0.25, -0.2) is 16.8 Å². The Hall–Kier alpha value is 0.482. The van der Waals surface area contributed by atoms with Crippen LogP contribution in [0.2, 0.25) is 0 Å². The molecule has 0 bridgehead atoms. The van der Waals surface area contributed by atoms with Crippen molar-refractivity contribution in [3.05, 3.63) is 0 Å². The van der Waals surface area contributed by atoms with Gasteiger partial charge in [-0.3, -0.25) is 0 Å². The van der Waals surface area contributed by atoms with E-state index in [9.17, 15) is 25.9 Å². The Morgan fingerprint density at radius 1 is 0.778 bits per heavy atom. The van der Waals surface area contributed by atoms with Crippen LogP contribution in [0.25, 0.3) is 0 Å². The molecule has 0 aromatic heterocycles. The van der Waals surface area contributed by atoms with Crippen LogP contribution < -0.4 is 0 Å². The molecule has 0 aliphatic heterocycles. The molecule has 0 saturated carbocycles. The van der Waals surface area contributed by atoms with Crippen LogP contribution >= 0.6 is 0 Å². The van der Waals surface area contributed by atoms with Crippen molar-refractivity contribution < 1.29 is 46.4 Å². The van der Waals surface area contributed by atoms with Gasteiger partial charge in [-0.2, -0.15) is 0 Å². The van der Waals surface area contributed by atoms with Crippen LogP contribution in [-0.2, 0) is 38.7 Å². The molecule has 0 fully saturated rings. The topological polar surface area (TPSA) is 114 Å². The normalized spacial score (nSPS) is 12.2. The van der Waals surface area contributed by atoms with Crippen molar-refractivity contribution in [1.29, 1.82) is 0 Å². The van der Waals surface area contributed by atoms with Gasteiger partial charge in [-0.1, -0.05) is 0 Å². The van der Waals surface area contributed by atoms with Gasteiger partial charge < -0.3 is 9.11 Å². The van der Waals surface area contributed by atoms with E-state index in [-0.39, 0.29) is 20.4 Å². The smallest absolute Gasteiger partial charge is 0.736 e. The number of hydrogen-bond acceptors (Lipinski definition) is 6. The standard InChI is InChI=1S/H2O6S2.Pd/c1-7(2,3)8(4,5)6;/h(H,1,2,3)(H,4,5,6);/q;+2/p-2. The molecule has 0 aromatic carbocycles. The molecule has 0 N–H and O–H groups in total. The number of hydrogen-bond donors (Lipinski definition) is 0. The summed E-state index contributed by atoms with van der Waals surface area (Å²) in [6.07, 6.45) is 0. The van der Waals surface area contributed by atoms with Gasteiger partial charge in [-0.15, -0.1) is 0 Å². The molecule has 58 valence electrons. The van der Waals surface area contributed by atoms with Crippen LogP contribution in [0.3, 0.4) is 0 Å². The third-order valence-electron chi connectivity index (χ3n) is 0.250. The van der Waals surface area contributed by atoms with E-state index >= 15 is 0 Å². The second-order valence-corrected chi connectivity index (χ2v) is 4.90. The molecule has 0 saturated heterocycles. The molecule has 0 unspecified atom stereocenters. The molecule has 6 nitrogen and oxygen atoms in total. The quantitative estimate of drug-likeness (QED) is 0.308. The molecule has 0 rings (SSSR count). The minimum atomic E-state index is -5.67. The molecular formula is O6PdS2. The van der Waals surface area contributed by atoms with Crippen molar-refractivity contribution in [1.82, 2.24) is 0 Å². The first kappa shape index (κ1) is 12.2. The Morgan fingerprint density at radius 2 is 0.889 bits per heavy atom. The van der Waals surface area contributed by atoms with E-state index in [4.69, 9.17) is 0 Å². The van der Waals surface area contributed by atoms with Crippen LogP contribution in [0.15, 0.2) is 0 Å². The van der Waals surface area contributed by atoms with Crippen molar-refractivity contribution in [3.63, 3.8) is 0 Å². The van der Waals surface area contributed by atoms with Gasteiger partial charge in [0.1, 0.15) is 0 Å². The zero-order chi connectivity index (χ0) is 7.00. The maximum absolute atomic E-state index is 9.20. The summed E-state index contributed by atoms with van der Waals surface area (Å²) in [5.41, 5.74) is 0. The van der Waals surface area contributed by atoms with Crippen molar-refractivity contribution >= 4 is 18.3 Å². The second kappa shape index (κ2) is 3.05. The maximum Gasteiger partial charge on any atom is 2.00 e. The molecule has 0 aliphatic rings. The molecule has 0 spiro atoms. The van der Waals surface area contributed by atoms with E-state index < -0.39 is 18.3 Å². The van der Waals surface area contributed by atoms with Gasteiger partial charge >= 0.3 is 20.4 Å². The zero-order valence-corrected chi connectivity index (χ0v) is 6.77. The third kappa shape index (κ3) is 3.96. The Bertz CT molecular complexity index is 223. The fraction of sp³-hybridized carbons (Fsp3) is 0. The van der Waals surface area contributed by atoms with Gasteiger partial charge in [0, 0.05) is 0 Å². The largest absolute Gasteiger partial charge is 2.00 e. The van der Waals surface area contributed by atoms with Crippen LogP contribution in [0, 0.1) is 0 Å². The van der Waals surface area contributed by atoms with E-state index in [1.165, 1.54) is 0 Å². The van der Waals surface area contributed by atoms with Crippen molar-refractivity contribution in [3.8, 4) is 0 Å². The molecule has 0 aromatic rings. The van der Waals surface area contributed by atoms with E-state index in [1.54, 1.807) is 0 Å². The average Bonchev–Trinajstić information content (AvgIpc) is 1.25. The summed E-state index contributed by atoms with van der Waals surface area (Å²) in [7, 11) is -11.3. The molecule has 0 heterocycles. The van der Waals surface area contributed by atoms with Crippen molar-refractivity contribution in [2.45, 2.75) is 0 Å². The fourth-order valence-corrected chi connectivity index (χ4v) is 0. The van der Waals surface area contributed by atoms with Gasteiger partial charge in [-0.05, 0) is 0 Å². The van der Waals surface area contributed by atoms with E-state index in [0.717, 1.165) is 0 Å².